The molecule has 0 heterocycles. The summed E-state index contributed by atoms with van der Waals surface area (Å²) in [6, 6.07) is 0. The fourth-order valence-electron chi connectivity index (χ4n) is 0.943. The highest BCUT2D eigenvalue weighted by molar-refractivity contribution is 6.36. The minimum absolute atomic E-state index is 0.416. The lowest BCUT2D eigenvalue weighted by Gasteiger charge is -2.11. The van der Waals surface area contributed by atoms with Crippen molar-refractivity contribution in [1.82, 2.24) is 0 Å². The van der Waals surface area contributed by atoms with Crippen LogP contribution in [0.15, 0.2) is 12.3 Å². The predicted octanol–water partition coefficient (Wildman–Crippen LogP) is 0.864. The van der Waals surface area contributed by atoms with Crippen LogP contribution >= 0.6 is 0 Å². The van der Waals surface area contributed by atoms with E-state index in [1.165, 1.54) is 6.26 Å². The lowest BCUT2D eigenvalue weighted by molar-refractivity contribution is 0.0816. The van der Waals surface area contributed by atoms with Crippen molar-refractivity contribution in [3.8, 4) is 0 Å². The average Bonchev–Trinajstić information content (AvgIpc) is 2.38. The summed E-state index contributed by atoms with van der Waals surface area (Å²) < 4.78 is 30.7. The van der Waals surface area contributed by atoms with Gasteiger partial charge in [-0.2, -0.15) is 0 Å². The second-order valence-electron chi connectivity index (χ2n) is 3.18. The molecular formula is C11H23BO6. The molecule has 6 nitrogen and oxygen atoms in total. The van der Waals surface area contributed by atoms with Crippen LogP contribution < -0.4 is 0 Å². The average molecular weight is 262 g/mol. The molecule has 0 saturated heterocycles. The third kappa shape index (κ3) is 11.9. The van der Waals surface area contributed by atoms with E-state index in [4.69, 9.17) is 28.2 Å². The Labute approximate surface area is 109 Å². The third-order valence-corrected chi connectivity index (χ3v) is 1.78. The van der Waals surface area contributed by atoms with E-state index < -0.39 is 7.32 Å². The molecular weight excluding hydrogens is 239 g/mol. The Morgan fingerprint density at radius 2 is 1.67 bits per heavy atom. The molecule has 0 unspecified atom stereocenters. The Morgan fingerprint density at radius 3 is 2.33 bits per heavy atom. The summed E-state index contributed by atoms with van der Waals surface area (Å²) in [5, 5.41) is 0. The molecule has 0 aromatic carbocycles. The molecule has 0 aliphatic heterocycles. The largest absolute Gasteiger partial charge is 0.712 e. The third-order valence-electron chi connectivity index (χ3n) is 1.78. The number of hydrogen-bond donors (Lipinski definition) is 0. The second kappa shape index (κ2) is 14.5. The van der Waals surface area contributed by atoms with Crippen molar-refractivity contribution < 1.29 is 28.2 Å². The van der Waals surface area contributed by atoms with Crippen molar-refractivity contribution >= 4 is 7.32 Å². The first-order chi connectivity index (χ1) is 8.85. The van der Waals surface area contributed by atoms with Gasteiger partial charge < -0.3 is 28.2 Å². The first-order valence-corrected chi connectivity index (χ1v) is 5.94. The lowest BCUT2D eigenvalue weighted by Crippen LogP contribution is -2.26. The summed E-state index contributed by atoms with van der Waals surface area (Å²) in [4.78, 5) is 0. The van der Waals surface area contributed by atoms with E-state index in [1.54, 1.807) is 20.3 Å². The van der Waals surface area contributed by atoms with Crippen LogP contribution in [-0.4, -0.2) is 61.2 Å². The molecule has 0 aromatic rings. The van der Waals surface area contributed by atoms with Crippen LogP contribution in [-0.2, 0) is 28.2 Å². The van der Waals surface area contributed by atoms with Crippen LogP contribution in [0.1, 0.15) is 6.92 Å². The Morgan fingerprint density at radius 1 is 0.944 bits per heavy atom. The highest BCUT2D eigenvalue weighted by Gasteiger charge is 2.20. The summed E-state index contributed by atoms with van der Waals surface area (Å²) in [7, 11) is 2.53. The molecule has 0 atom stereocenters. The van der Waals surface area contributed by atoms with Gasteiger partial charge in [0.15, 0.2) is 0 Å². The molecule has 106 valence electrons. The molecule has 0 radical (unpaired) electrons. The molecule has 18 heavy (non-hydrogen) atoms. The molecule has 0 aromatic heterocycles. The van der Waals surface area contributed by atoms with Crippen molar-refractivity contribution in [2.45, 2.75) is 6.92 Å². The summed E-state index contributed by atoms with van der Waals surface area (Å²) >= 11 is 0. The SMILES string of the molecule is CCOB(O/C=C/COCCOC)OCCOC. The minimum Gasteiger partial charge on any atom is -0.518 e. The second-order valence-corrected chi connectivity index (χ2v) is 3.18. The van der Waals surface area contributed by atoms with Gasteiger partial charge >= 0.3 is 7.32 Å². The molecule has 0 saturated carbocycles. The normalized spacial score (nSPS) is 11.1. The van der Waals surface area contributed by atoms with E-state index in [0.29, 0.717) is 39.6 Å². The van der Waals surface area contributed by atoms with E-state index in [1.807, 2.05) is 6.92 Å². The standard InChI is InChI=1S/C11H23BO6/c1-4-16-12(18-11-9-14-3)17-7-5-6-15-10-8-13-2/h5,7H,4,6,8-11H2,1-3H3/b7-5+. The van der Waals surface area contributed by atoms with Gasteiger partial charge in [0, 0.05) is 20.8 Å². The van der Waals surface area contributed by atoms with E-state index in [9.17, 15) is 0 Å². The van der Waals surface area contributed by atoms with Gasteiger partial charge in [-0.25, -0.2) is 0 Å². The van der Waals surface area contributed by atoms with Crippen molar-refractivity contribution in [3.63, 3.8) is 0 Å². The Balaban J connectivity index is 3.57. The number of hydrogen-bond acceptors (Lipinski definition) is 6. The number of methoxy groups -OCH3 is 2. The highest BCUT2D eigenvalue weighted by atomic mass is 16.7. The van der Waals surface area contributed by atoms with Crippen LogP contribution in [0.25, 0.3) is 0 Å². The van der Waals surface area contributed by atoms with Crippen molar-refractivity contribution in [2.75, 3.05) is 53.9 Å². The zero-order valence-corrected chi connectivity index (χ0v) is 11.4. The molecule has 0 fully saturated rings. The zero-order valence-electron chi connectivity index (χ0n) is 11.4. The van der Waals surface area contributed by atoms with Crippen LogP contribution in [0.2, 0.25) is 0 Å². The maximum atomic E-state index is 5.29. The van der Waals surface area contributed by atoms with E-state index in [2.05, 4.69) is 0 Å². The van der Waals surface area contributed by atoms with E-state index in [-0.39, 0.29) is 0 Å². The van der Waals surface area contributed by atoms with Gasteiger partial charge in [0.05, 0.1) is 39.3 Å². The van der Waals surface area contributed by atoms with Crippen molar-refractivity contribution in [3.05, 3.63) is 12.3 Å². The van der Waals surface area contributed by atoms with Gasteiger partial charge in [-0.15, -0.1) is 0 Å². The summed E-state index contributed by atoms with van der Waals surface area (Å²) in [6.45, 7) is 4.89. The molecule has 0 amide bonds. The number of ether oxygens (including phenoxy) is 3. The Hall–Kier alpha value is -0.595. The first kappa shape index (κ1) is 17.4. The molecule has 0 rings (SSSR count). The molecule has 0 N–H and O–H groups in total. The zero-order chi connectivity index (χ0) is 13.5. The fourth-order valence-corrected chi connectivity index (χ4v) is 0.943. The molecule has 0 aliphatic rings. The van der Waals surface area contributed by atoms with E-state index in [0.717, 1.165) is 0 Å². The van der Waals surface area contributed by atoms with Crippen LogP contribution in [0.5, 0.6) is 0 Å². The molecule has 0 bridgehead atoms. The first-order valence-electron chi connectivity index (χ1n) is 5.94. The minimum atomic E-state index is -0.708. The summed E-state index contributed by atoms with van der Waals surface area (Å²) in [5.74, 6) is 0. The maximum Gasteiger partial charge on any atom is 0.712 e. The van der Waals surface area contributed by atoms with Crippen molar-refractivity contribution in [1.29, 1.82) is 0 Å². The van der Waals surface area contributed by atoms with Crippen molar-refractivity contribution in [2.24, 2.45) is 0 Å². The van der Waals surface area contributed by atoms with Gasteiger partial charge in [0.1, 0.15) is 0 Å². The number of rotatable bonds is 13. The molecule has 7 heteroatoms. The maximum absolute atomic E-state index is 5.29. The Kier molecular flexibility index (Phi) is 14.0. The van der Waals surface area contributed by atoms with Gasteiger partial charge in [0.25, 0.3) is 0 Å². The summed E-state index contributed by atoms with van der Waals surface area (Å²) in [6.07, 6.45) is 3.24. The molecule has 0 aliphatic carbocycles. The van der Waals surface area contributed by atoms with E-state index >= 15 is 0 Å². The van der Waals surface area contributed by atoms with Gasteiger partial charge in [-0.05, 0) is 13.0 Å². The lowest BCUT2D eigenvalue weighted by atomic mass is 10.2. The quantitative estimate of drug-likeness (QED) is 0.279. The van der Waals surface area contributed by atoms with Gasteiger partial charge in [0.2, 0.25) is 0 Å². The monoisotopic (exact) mass is 262 g/mol. The predicted molar refractivity (Wildman–Crippen MR) is 68.1 cm³/mol. The van der Waals surface area contributed by atoms with Crippen LogP contribution in [0.4, 0.5) is 0 Å². The van der Waals surface area contributed by atoms with Gasteiger partial charge in [-0.3, -0.25) is 0 Å². The summed E-state index contributed by atoms with van der Waals surface area (Å²) in [5.41, 5.74) is 0. The fraction of sp³-hybridized carbons (Fsp3) is 0.818. The Bertz CT molecular complexity index is 190. The topological polar surface area (TPSA) is 55.4 Å². The van der Waals surface area contributed by atoms with Crippen LogP contribution in [0.3, 0.4) is 0 Å². The highest BCUT2D eigenvalue weighted by Crippen LogP contribution is 1.94. The molecule has 0 spiro atoms. The smallest absolute Gasteiger partial charge is 0.518 e. The van der Waals surface area contributed by atoms with Crippen LogP contribution in [0, 0.1) is 0 Å². The van der Waals surface area contributed by atoms with Gasteiger partial charge in [-0.1, -0.05) is 0 Å².